The standard InChI is InChI=1S/C22H23NO4/c1-15-4-6-16(7-5-15)19-11-8-17(9-13-22(24)25)23(19)20-14-18(26-2)10-12-21(20)27-3/h4-8,10-12,14H,9,13H2,1-3H3,(H,24,25). The minimum atomic E-state index is -0.822. The predicted octanol–water partition coefficient (Wildman–Crippen LogP) is 4.49. The number of carboxylic acid groups (broad SMARTS) is 1. The molecule has 2 aromatic carbocycles. The molecule has 1 aromatic heterocycles. The molecule has 0 fully saturated rings. The number of aryl methyl sites for hydroxylation is 2. The lowest BCUT2D eigenvalue weighted by molar-refractivity contribution is -0.136. The van der Waals surface area contributed by atoms with Gasteiger partial charge in [0.25, 0.3) is 0 Å². The van der Waals surface area contributed by atoms with Crippen LogP contribution in [0, 0.1) is 6.92 Å². The second-order valence-corrected chi connectivity index (χ2v) is 6.34. The van der Waals surface area contributed by atoms with Crippen molar-refractivity contribution in [3.8, 4) is 28.4 Å². The molecule has 140 valence electrons. The van der Waals surface area contributed by atoms with Crippen molar-refractivity contribution < 1.29 is 19.4 Å². The van der Waals surface area contributed by atoms with Crippen molar-refractivity contribution in [2.45, 2.75) is 19.8 Å². The fourth-order valence-corrected chi connectivity index (χ4v) is 3.11. The Labute approximate surface area is 158 Å². The first kappa shape index (κ1) is 18.6. The zero-order chi connectivity index (χ0) is 19.4. The topological polar surface area (TPSA) is 60.7 Å². The Hall–Kier alpha value is -3.21. The van der Waals surface area contributed by atoms with E-state index in [1.807, 2.05) is 37.3 Å². The quantitative estimate of drug-likeness (QED) is 0.670. The lowest BCUT2D eigenvalue weighted by atomic mass is 10.1. The molecule has 0 aliphatic heterocycles. The maximum Gasteiger partial charge on any atom is 0.303 e. The number of nitrogens with zero attached hydrogens (tertiary/aromatic N) is 1. The molecule has 0 bridgehead atoms. The average Bonchev–Trinajstić information content (AvgIpc) is 3.10. The third-order valence-electron chi connectivity index (χ3n) is 4.53. The third kappa shape index (κ3) is 3.97. The summed E-state index contributed by atoms with van der Waals surface area (Å²) in [4.78, 5) is 11.1. The minimum absolute atomic E-state index is 0.0592. The number of methoxy groups -OCH3 is 2. The summed E-state index contributed by atoms with van der Waals surface area (Å²) in [7, 11) is 3.24. The van der Waals surface area contributed by atoms with E-state index in [1.54, 1.807) is 14.2 Å². The van der Waals surface area contributed by atoms with Crippen molar-refractivity contribution in [2.75, 3.05) is 14.2 Å². The van der Waals surface area contributed by atoms with E-state index in [0.29, 0.717) is 17.9 Å². The summed E-state index contributed by atoms with van der Waals surface area (Å²) in [6.45, 7) is 2.05. The summed E-state index contributed by atoms with van der Waals surface area (Å²) in [5, 5.41) is 9.12. The van der Waals surface area contributed by atoms with Crippen LogP contribution in [0.1, 0.15) is 17.7 Å². The Morgan fingerprint density at radius 2 is 1.74 bits per heavy atom. The number of hydrogen-bond acceptors (Lipinski definition) is 3. The third-order valence-corrected chi connectivity index (χ3v) is 4.53. The molecule has 0 saturated heterocycles. The Kier molecular flexibility index (Phi) is 5.50. The van der Waals surface area contributed by atoms with E-state index in [1.165, 1.54) is 5.56 Å². The van der Waals surface area contributed by atoms with E-state index >= 15 is 0 Å². The largest absolute Gasteiger partial charge is 0.497 e. The number of aliphatic carboxylic acids is 1. The summed E-state index contributed by atoms with van der Waals surface area (Å²) >= 11 is 0. The van der Waals surface area contributed by atoms with Crippen LogP contribution in [0.2, 0.25) is 0 Å². The maximum atomic E-state index is 11.1. The van der Waals surface area contributed by atoms with E-state index in [0.717, 1.165) is 22.6 Å². The van der Waals surface area contributed by atoms with Crippen LogP contribution in [0.25, 0.3) is 16.9 Å². The molecule has 0 amide bonds. The number of hydrogen-bond donors (Lipinski definition) is 1. The molecule has 1 N–H and O–H groups in total. The summed E-state index contributed by atoms with van der Waals surface area (Å²) < 4.78 is 13.0. The van der Waals surface area contributed by atoms with Gasteiger partial charge < -0.3 is 19.1 Å². The molecule has 1 heterocycles. The number of carbonyl (C=O) groups is 1. The molecule has 5 heteroatoms. The van der Waals surface area contributed by atoms with Gasteiger partial charge in [0, 0.05) is 11.8 Å². The van der Waals surface area contributed by atoms with Crippen molar-refractivity contribution in [2.24, 2.45) is 0 Å². The predicted molar refractivity (Wildman–Crippen MR) is 105 cm³/mol. The van der Waals surface area contributed by atoms with Crippen LogP contribution in [0.3, 0.4) is 0 Å². The molecular formula is C22H23NO4. The molecular weight excluding hydrogens is 342 g/mol. The molecule has 0 aliphatic carbocycles. The molecule has 3 aromatic rings. The van der Waals surface area contributed by atoms with Crippen LogP contribution in [0.15, 0.2) is 54.6 Å². The fourth-order valence-electron chi connectivity index (χ4n) is 3.11. The molecule has 5 nitrogen and oxygen atoms in total. The SMILES string of the molecule is COc1ccc(OC)c(-n2c(CCC(=O)O)ccc2-c2ccc(C)cc2)c1. The number of carboxylic acids is 1. The second kappa shape index (κ2) is 7.99. The normalized spacial score (nSPS) is 10.6. The molecule has 0 saturated carbocycles. The highest BCUT2D eigenvalue weighted by Gasteiger charge is 2.17. The van der Waals surface area contributed by atoms with E-state index < -0.39 is 5.97 Å². The molecule has 0 aliphatic rings. The van der Waals surface area contributed by atoms with Crippen LogP contribution < -0.4 is 9.47 Å². The highest BCUT2D eigenvalue weighted by molar-refractivity contribution is 5.69. The number of aromatic nitrogens is 1. The molecule has 3 rings (SSSR count). The fraction of sp³-hybridized carbons (Fsp3) is 0.227. The van der Waals surface area contributed by atoms with Gasteiger partial charge in [-0.2, -0.15) is 0 Å². The number of benzene rings is 2. The smallest absolute Gasteiger partial charge is 0.303 e. The van der Waals surface area contributed by atoms with Gasteiger partial charge in [-0.25, -0.2) is 0 Å². The Balaban J connectivity index is 2.20. The highest BCUT2D eigenvalue weighted by Crippen LogP contribution is 2.34. The van der Waals surface area contributed by atoms with E-state index in [4.69, 9.17) is 14.6 Å². The summed E-state index contributed by atoms with van der Waals surface area (Å²) in [6, 6.07) is 17.8. The van der Waals surface area contributed by atoms with Gasteiger partial charge in [0.2, 0.25) is 0 Å². The van der Waals surface area contributed by atoms with Gasteiger partial charge in [0.15, 0.2) is 0 Å². The molecule has 0 atom stereocenters. The highest BCUT2D eigenvalue weighted by atomic mass is 16.5. The first-order valence-corrected chi connectivity index (χ1v) is 8.75. The van der Waals surface area contributed by atoms with E-state index in [-0.39, 0.29) is 6.42 Å². The number of ether oxygens (including phenoxy) is 2. The molecule has 0 spiro atoms. The van der Waals surface area contributed by atoms with Gasteiger partial charge in [0.1, 0.15) is 11.5 Å². The van der Waals surface area contributed by atoms with Crippen LogP contribution in [-0.2, 0) is 11.2 Å². The first-order valence-electron chi connectivity index (χ1n) is 8.75. The van der Waals surface area contributed by atoms with Gasteiger partial charge in [-0.3, -0.25) is 4.79 Å². The Morgan fingerprint density at radius 3 is 2.37 bits per heavy atom. The van der Waals surface area contributed by atoms with Crippen molar-refractivity contribution >= 4 is 5.97 Å². The van der Waals surface area contributed by atoms with Gasteiger partial charge >= 0.3 is 5.97 Å². The lowest BCUT2D eigenvalue weighted by Gasteiger charge is -2.18. The van der Waals surface area contributed by atoms with Gasteiger partial charge in [-0.1, -0.05) is 29.8 Å². The van der Waals surface area contributed by atoms with E-state index in [2.05, 4.69) is 28.8 Å². The van der Waals surface area contributed by atoms with Crippen LogP contribution in [-0.4, -0.2) is 29.9 Å². The van der Waals surface area contributed by atoms with Crippen molar-refractivity contribution in [3.05, 3.63) is 65.9 Å². The van der Waals surface area contributed by atoms with E-state index in [9.17, 15) is 4.79 Å². The Morgan fingerprint density at radius 1 is 1.00 bits per heavy atom. The van der Waals surface area contributed by atoms with Crippen LogP contribution in [0.4, 0.5) is 0 Å². The average molecular weight is 365 g/mol. The summed E-state index contributed by atoms with van der Waals surface area (Å²) in [5.74, 6) is 0.577. The zero-order valence-electron chi connectivity index (χ0n) is 15.7. The molecule has 0 radical (unpaired) electrons. The summed E-state index contributed by atoms with van der Waals surface area (Å²) in [5.41, 5.74) is 4.92. The molecule has 0 unspecified atom stereocenters. The summed E-state index contributed by atoms with van der Waals surface area (Å²) in [6.07, 6.45) is 0.477. The van der Waals surface area contributed by atoms with Crippen LogP contribution in [0.5, 0.6) is 11.5 Å². The van der Waals surface area contributed by atoms with Gasteiger partial charge in [0.05, 0.1) is 32.0 Å². The second-order valence-electron chi connectivity index (χ2n) is 6.34. The molecule has 27 heavy (non-hydrogen) atoms. The van der Waals surface area contributed by atoms with Crippen molar-refractivity contribution in [3.63, 3.8) is 0 Å². The Bertz CT molecular complexity index is 941. The first-order chi connectivity index (χ1) is 13.0. The number of rotatable bonds is 7. The van der Waals surface area contributed by atoms with Gasteiger partial charge in [-0.05, 0) is 43.2 Å². The van der Waals surface area contributed by atoms with Gasteiger partial charge in [-0.15, -0.1) is 0 Å². The maximum absolute atomic E-state index is 11.1. The van der Waals surface area contributed by atoms with Crippen molar-refractivity contribution in [1.82, 2.24) is 4.57 Å². The zero-order valence-corrected chi connectivity index (χ0v) is 15.7. The minimum Gasteiger partial charge on any atom is -0.497 e. The monoisotopic (exact) mass is 365 g/mol. The van der Waals surface area contributed by atoms with Crippen molar-refractivity contribution in [1.29, 1.82) is 0 Å². The lowest BCUT2D eigenvalue weighted by Crippen LogP contribution is -2.07. The van der Waals surface area contributed by atoms with Crippen LogP contribution >= 0.6 is 0 Å².